The third-order valence-corrected chi connectivity index (χ3v) is 3.59. The van der Waals surface area contributed by atoms with Crippen LogP contribution < -0.4 is 21.5 Å². The minimum atomic E-state index is -1.03. The number of halogens is 3. The third kappa shape index (κ3) is 5.01. The van der Waals surface area contributed by atoms with Crippen LogP contribution in [0.2, 0.25) is 0 Å². The second kappa shape index (κ2) is 7.82. The number of carbonyl (C=O) groups is 2. The number of rotatable bonds is 4. The summed E-state index contributed by atoms with van der Waals surface area (Å²) in [5, 5.41) is 8.99. The number of ketones is 1. The smallest absolute Gasteiger partial charge is 0.341 e. The van der Waals surface area contributed by atoms with E-state index in [1.54, 1.807) is 35.0 Å². The van der Waals surface area contributed by atoms with Crippen LogP contribution in [0.25, 0.3) is 0 Å². The number of hydrogen-bond acceptors (Lipinski definition) is 2. The number of carboxylic acids is 1. The molecule has 1 heterocycles. The molecule has 0 saturated heterocycles. The highest BCUT2D eigenvalue weighted by atomic mass is 79.9. The third-order valence-electron chi connectivity index (χ3n) is 2.63. The van der Waals surface area contributed by atoms with E-state index >= 15 is 0 Å². The van der Waals surface area contributed by atoms with Crippen molar-refractivity contribution in [1.29, 1.82) is 0 Å². The Morgan fingerprint density at radius 2 is 1.62 bits per heavy atom. The van der Waals surface area contributed by atoms with Crippen molar-refractivity contribution in [1.82, 2.24) is 0 Å². The Morgan fingerprint density at radius 1 is 1.00 bits per heavy atom. The maximum absolute atomic E-state index is 12.1. The Labute approximate surface area is 148 Å². The van der Waals surface area contributed by atoms with E-state index in [9.17, 15) is 9.59 Å². The number of Topliss-reactive ketones (excluding diaryl/α,β-unsaturated/α-hetero) is 1. The number of benzene rings is 1. The van der Waals surface area contributed by atoms with Gasteiger partial charge in [-0.1, -0.05) is 28.1 Å². The highest BCUT2D eigenvalue weighted by Gasteiger charge is 2.16. The lowest BCUT2D eigenvalue weighted by atomic mass is 10.1. The van der Waals surface area contributed by atoms with Crippen LogP contribution in [0.15, 0.2) is 51.7 Å². The Bertz CT molecular complexity index is 672. The molecule has 0 saturated carbocycles. The zero-order valence-corrected chi connectivity index (χ0v) is 15.4. The Hall–Kier alpha value is -1.05. The van der Waals surface area contributed by atoms with Crippen molar-refractivity contribution in [2.24, 2.45) is 0 Å². The predicted octanol–water partition coefficient (Wildman–Crippen LogP) is 0.0842. The van der Waals surface area contributed by atoms with Crippen LogP contribution in [0.5, 0.6) is 0 Å². The van der Waals surface area contributed by atoms with Crippen LogP contribution in [0.3, 0.4) is 0 Å². The first kappa shape index (κ1) is 18.0. The van der Waals surface area contributed by atoms with Gasteiger partial charge in [-0.05, 0) is 34.1 Å². The molecule has 0 atom stereocenters. The van der Waals surface area contributed by atoms with E-state index in [1.807, 2.05) is 0 Å². The number of nitrogens with zero attached hydrogens (tertiary/aromatic N) is 1. The molecule has 0 radical (unpaired) electrons. The first-order chi connectivity index (χ1) is 9.45. The van der Waals surface area contributed by atoms with Crippen molar-refractivity contribution in [2.45, 2.75) is 6.54 Å². The summed E-state index contributed by atoms with van der Waals surface area (Å²) in [6.45, 7) is 0.0847. The summed E-state index contributed by atoms with van der Waals surface area (Å²) < 4.78 is 3.07. The van der Waals surface area contributed by atoms with E-state index in [2.05, 4.69) is 31.9 Å². The SMILES string of the molecule is O=C(O)c1cc(Br)c[n+](CC(=O)c2ccc(Br)cc2)c1.[Br-]. The van der Waals surface area contributed by atoms with Gasteiger partial charge in [0.15, 0.2) is 12.4 Å². The van der Waals surface area contributed by atoms with Gasteiger partial charge >= 0.3 is 5.97 Å². The molecule has 0 fully saturated rings. The summed E-state index contributed by atoms with van der Waals surface area (Å²) in [7, 11) is 0. The normalized spacial score (nSPS) is 9.81. The van der Waals surface area contributed by atoms with Crippen molar-refractivity contribution in [3.05, 3.63) is 62.8 Å². The molecule has 21 heavy (non-hydrogen) atoms. The second-order valence-corrected chi connectivity index (χ2v) is 5.98. The van der Waals surface area contributed by atoms with Crippen molar-refractivity contribution >= 4 is 43.6 Å². The zero-order valence-electron chi connectivity index (χ0n) is 10.6. The number of hydrogen-bond donors (Lipinski definition) is 1. The minimum Gasteiger partial charge on any atom is -1.00 e. The van der Waals surface area contributed by atoms with Gasteiger partial charge < -0.3 is 22.1 Å². The van der Waals surface area contributed by atoms with E-state index in [-0.39, 0.29) is 34.9 Å². The fraction of sp³-hybridized carbons (Fsp3) is 0.0714. The molecule has 1 N–H and O–H groups in total. The zero-order chi connectivity index (χ0) is 14.7. The highest BCUT2D eigenvalue weighted by molar-refractivity contribution is 9.10. The Balaban J connectivity index is 0.00000220. The van der Waals surface area contributed by atoms with Gasteiger partial charge in [0, 0.05) is 10.0 Å². The van der Waals surface area contributed by atoms with Gasteiger partial charge in [0.05, 0.1) is 4.47 Å². The highest BCUT2D eigenvalue weighted by Crippen LogP contribution is 2.12. The number of carboxylic acid groups (broad SMARTS) is 1. The number of carbonyl (C=O) groups excluding carboxylic acids is 1. The van der Waals surface area contributed by atoms with Crippen molar-refractivity contribution < 1.29 is 36.2 Å². The summed E-state index contributed by atoms with van der Waals surface area (Å²) in [6.07, 6.45) is 3.10. The molecule has 0 aliphatic carbocycles. The second-order valence-electron chi connectivity index (χ2n) is 4.15. The molecule has 0 aliphatic heterocycles. The van der Waals surface area contributed by atoms with Crippen LogP contribution in [0.1, 0.15) is 20.7 Å². The summed E-state index contributed by atoms with van der Waals surface area (Å²) >= 11 is 6.54. The average molecular weight is 480 g/mol. The van der Waals surface area contributed by atoms with E-state index in [4.69, 9.17) is 5.11 Å². The lowest BCUT2D eigenvalue weighted by molar-refractivity contribution is -0.683. The Kier molecular flexibility index (Phi) is 6.70. The van der Waals surface area contributed by atoms with Gasteiger partial charge in [-0.15, -0.1) is 0 Å². The van der Waals surface area contributed by atoms with Crippen LogP contribution >= 0.6 is 31.9 Å². The maximum atomic E-state index is 12.1. The van der Waals surface area contributed by atoms with Crippen molar-refractivity contribution in [3.8, 4) is 0 Å². The fourth-order valence-corrected chi connectivity index (χ4v) is 2.47. The van der Waals surface area contributed by atoms with Gasteiger partial charge in [0.2, 0.25) is 12.3 Å². The molecule has 0 amide bonds. The van der Waals surface area contributed by atoms with Crippen LogP contribution in [0.4, 0.5) is 0 Å². The van der Waals surface area contributed by atoms with Gasteiger partial charge in [0.25, 0.3) is 0 Å². The molecule has 110 valence electrons. The van der Waals surface area contributed by atoms with Crippen molar-refractivity contribution in [3.63, 3.8) is 0 Å². The summed E-state index contributed by atoms with van der Waals surface area (Å²) in [5.74, 6) is -1.12. The topological polar surface area (TPSA) is 58.2 Å². The lowest BCUT2D eigenvalue weighted by Crippen LogP contribution is -3.00. The first-order valence-corrected chi connectivity index (χ1v) is 7.26. The van der Waals surface area contributed by atoms with Crippen LogP contribution in [0, 0.1) is 0 Å². The molecule has 7 heteroatoms. The molecule has 4 nitrogen and oxygen atoms in total. The quantitative estimate of drug-likeness (QED) is 0.499. The number of aromatic nitrogens is 1. The Morgan fingerprint density at radius 3 is 2.19 bits per heavy atom. The molecular weight excluding hydrogens is 470 g/mol. The fourth-order valence-electron chi connectivity index (χ4n) is 1.70. The number of aromatic carboxylic acids is 1. The van der Waals surface area contributed by atoms with E-state index in [1.165, 1.54) is 12.3 Å². The van der Waals surface area contributed by atoms with Crippen LogP contribution in [-0.4, -0.2) is 16.9 Å². The lowest BCUT2D eigenvalue weighted by Gasteiger charge is -2.00. The molecule has 0 spiro atoms. The largest absolute Gasteiger partial charge is 1.00 e. The minimum absolute atomic E-state index is 0. The predicted molar refractivity (Wildman–Crippen MR) is 79.8 cm³/mol. The van der Waals surface area contributed by atoms with Gasteiger partial charge in [-0.2, -0.15) is 4.57 Å². The van der Waals surface area contributed by atoms with Gasteiger partial charge in [-0.25, -0.2) is 4.79 Å². The summed E-state index contributed by atoms with van der Waals surface area (Å²) in [4.78, 5) is 23.1. The molecule has 2 rings (SSSR count). The van der Waals surface area contributed by atoms with Gasteiger partial charge in [-0.3, -0.25) is 4.79 Å². The number of pyridine rings is 1. The maximum Gasteiger partial charge on any atom is 0.341 e. The summed E-state index contributed by atoms with van der Waals surface area (Å²) in [5.41, 5.74) is 0.709. The van der Waals surface area contributed by atoms with Gasteiger partial charge in [0.1, 0.15) is 5.56 Å². The van der Waals surface area contributed by atoms with E-state index in [0.717, 1.165) is 4.47 Å². The van der Waals surface area contributed by atoms with E-state index < -0.39 is 5.97 Å². The molecule has 1 aromatic heterocycles. The molecule has 0 bridgehead atoms. The van der Waals surface area contributed by atoms with Crippen molar-refractivity contribution in [2.75, 3.05) is 0 Å². The monoisotopic (exact) mass is 477 g/mol. The first-order valence-electron chi connectivity index (χ1n) is 5.67. The average Bonchev–Trinajstić information content (AvgIpc) is 2.38. The standard InChI is InChI=1S/C14H9Br2NO3.BrH/c15-11-3-1-9(2-4-11)13(18)8-17-6-10(14(19)20)5-12(16)7-17;/h1-7H,8H2;1H. The molecule has 0 aliphatic rings. The molecule has 1 aromatic carbocycles. The van der Waals surface area contributed by atoms with Crippen LogP contribution in [-0.2, 0) is 6.54 Å². The molecule has 2 aromatic rings. The molecule has 0 unspecified atom stereocenters. The van der Waals surface area contributed by atoms with E-state index in [0.29, 0.717) is 10.0 Å². The molecular formula is C14H10Br3NO3. The summed E-state index contributed by atoms with van der Waals surface area (Å²) in [6, 6.07) is 8.53.